The van der Waals surface area contributed by atoms with Crippen LogP contribution in [0.5, 0.6) is 11.5 Å². The van der Waals surface area contributed by atoms with Gasteiger partial charge in [-0.15, -0.1) is 0 Å². The van der Waals surface area contributed by atoms with Gasteiger partial charge < -0.3 is 14.8 Å². The van der Waals surface area contributed by atoms with E-state index < -0.39 is 0 Å². The lowest BCUT2D eigenvalue weighted by atomic mass is 10.1. The Hall–Kier alpha value is -2.49. The van der Waals surface area contributed by atoms with Crippen LogP contribution in [0.4, 0.5) is 5.69 Å². The fraction of sp³-hybridized carbons (Fsp3) is 0.316. The molecule has 2 atom stereocenters. The molecule has 0 aromatic heterocycles. The van der Waals surface area contributed by atoms with Crippen LogP contribution in [0.1, 0.15) is 23.5 Å². The second-order valence-corrected chi connectivity index (χ2v) is 5.91. The second kappa shape index (κ2) is 6.32. The molecular formula is C19H21NO3. The minimum Gasteiger partial charge on any atom is -0.497 e. The molecule has 0 radical (unpaired) electrons. The average molecular weight is 311 g/mol. The Morgan fingerprint density at radius 2 is 1.83 bits per heavy atom. The highest BCUT2D eigenvalue weighted by molar-refractivity contribution is 5.96. The second-order valence-electron chi connectivity index (χ2n) is 5.91. The first-order valence-corrected chi connectivity index (χ1v) is 7.72. The van der Waals surface area contributed by atoms with Crippen molar-refractivity contribution in [1.29, 1.82) is 0 Å². The van der Waals surface area contributed by atoms with Crippen LogP contribution in [-0.4, -0.2) is 20.1 Å². The van der Waals surface area contributed by atoms with E-state index in [1.54, 1.807) is 14.2 Å². The van der Waals surface area contributed by atoms with Gasteiger partial charge in [-0.05, 0) is 54.7 Å². The van der Waals surface area contributed by atoms with Crippen molar-refractivity contribution in [3.8, 4) is 11.5 Å². The van der Waals surface area contributed by atoms with Crippen LogP contribution < -0.4 is 14.8 Å². The van der Waals surface area contributed by atoms with Crippen LogP contribution in [0, 0.1) is 12.8 Å². The van der Waals surface area contributed by atoms with E-state index >= 15 is 0 Å². The summed E-state index contributed by atoms with van der Waals surface area (Å²) in [5.41, 5.74) is 3.00. The van der Waals surface area contributed by atoms with E-state index in [0.717, 1.165) is 23.4 Å². The molecule has 1 aliphatic rings. The third-order valence-electron chi connectivity index (χ3n) is 4.28. The number of nitrogens with one attached hydrogen (secondary N) is 1. The van der Waals surface area contributed by atoms with E-state index in [9.17, 15) is 4.79 Å². The van der Waals surface area contributed by atoms with Gasteiger partial charge in [-0.1, -0.05) is 18.2 Å². The first kappa shape index (κ1) is 15.4. The topological polar surface area (TPSA) is 47.6 Å². The maximum atomic E-state index is 12.5. The molecule has 4 nitrogen and oxygen atoms in total. The number of carbonyl (C=O) groups excluding carboxylic acids is 1. The lowest BCUT2D eigenvalue weighted by molar-refractivity contribution is -0.117. The predicted octanol–water partition coefficient (Wildman–Crippen LogP) is 3.75. The van der Waals surface area contributed by atoms with Gasteiger partial charge in [0.25, 0.3) is 0 Å². The number of anilines is 1. The molecule has 0 spiro atoms. The summed E-state index contributed by atoms with van der Waals surface area (Å²) < 4.78 is 10.5. The number of ether oxygens (including phenoxy) is 2. The van der Waals surface area contributed by atoms with Gasteiger partial charge in [0.1, 0.15) is 11.5 Å². The number of hydrogen-bond donors (Lipinski definition) is 1. The molecule has 2 aromatic rings. The minimum atomic E-state index is 0.0219. The number of carbonyl (C=O) groups is 1. The number of hydrogen-bond acceptors (Lipinski definition) is 3. The van der Waals surface area contributed by atoms with E-state index in [0.29, 0.717) is 5.75 Å². The Morgan fingerprint density at radius 3 is 2.48 bits per heavy atom. The molecule has 3 rings (SSSR count). The van der Waals surface area contributed by atoms with E-state index in [1.807, 2.05) is 49.4 Å². The highest BCUT2D eigenvalue weighted by Gasteiger charge is 2.44. The summed E-state index contributed by atoms with van der Waals surface area (Å²) in [5, 5.41) is 3.00. The maximum absolute atomic E-state index is 12.5. The Kier molecular flexibility index (Phi) is 4.24. The van der Waals surface area contributed by atoms with E-state index in [1.165, 1.54) is 5.56 Å². The zero-order valence-electron chi connectivity index (χ0n) is 13.6. The Balaban J connectivity index is 1.67. The SMILES string of the molecule is COc1ccc(C2CC2C(=O)Nc2cc(C)ccc2OC)cc1. The van der Waals surface area contributed by atoms with Crippen molar-refractivity contribution in [2.24, 2.45) is 5.92 Å². The molecule has 1 aliphatic carbocycles. The van der Waals surface area contributed by atoms with E-state index in [-0.39, 0.29) is 17.7 Å². The van der Waals surface area contributed by atoms with Crippen LogP contribution in [0.25, 0.3) is 0 Å². The van der Waals surface area contributed by atoms with Crippen molar-refractivity contribution in [3.63, 3.8) is 0 Å². The predicted molar refractivity (Wildman–Crippen MR) is 90.2 cm³/mol. The molecule has 120 valence electrons. The summed E-state index contributed by atoms with van der Waals surface area (Å²) in [6.45, 7) is 1.99. The largest absolute Gasteiger partial charge is 0.497 e. The van der Waals surface area contributed by atoms with Crippen molar-refractivity contribution < 1.29 is 14.3 Å². The summed E-state index contributed by atoms with van der Waals surface area (Å²) in [5.74, 6) is 1.88. The third-order valence-corrected chi connectivity index (χ3v) is 4.28. The van der Waals surface area contributed by atoms with Gasteiger partial charge in [-0.3, -0.25) is 4.79 Å². The zero-order chi connectivity index (χ0) is 16.4. The number of aryl methyl sites for hydroxylation is 1. The van der Waals surface area contributed by atoms with Gasteiger partial charge in [0, 0.05) is 5.92 Å². The van der Waals surface area contributed by atoms with Gasteiger partial charge >= 0.3 is 0 Å². The average Bonchev–Trinajstić information content (AvgIpc) is 3.36. The molecule has 0 heterocycles. The maximum Gasteiger partial charge on any atom is 0.228 e. The third kappa shape index (κ3) is 3.31. The standard InChI is InChI=1S/C19H21NO3/c1-12-4-9-18(23-3)17(10-12)20-19(21)16-11-15(16)13-5-7-14(22-2)8-6-13/h4-10,15-16H,11H2,1-3H3,(H,20,21). The molecule has 1 fully saturated rings. The van der Waals surface area contributed by atoms with Crippen LogP contribution in [0.2, 0.25) is 0 Å². The van der Waals surface area contributed by atoms with Crippen molar-refractivity contribution in [3.05, 3.63) is 53.6 Å². The van der Waals surface area contributed by atoms with Crippen LogP contribution >= 0.6 is 0 Å². The number of benzene rings is 2. The van der Waals surface area contributed by atoms with Crippen LogP contribution in [-0.2, 0) is 4.79 Å². The molecule has 0 bridgehead atoms. The lowest BCUT2D eigenvalue weighted by Gasteiger charge is -2.11. The van der Waals surface area contributed by atoms with Crippen molar-refractivity contribution in [2.75, 3.05) is 19.5 Å². The summed E-state index contributed by atoms with van der Waals surface area (Å²) in [6.07, 6.45) is 0.881. The summed E-state index contributed by atoms with van der Waals surface area (Å²) in [4.78, 5) is 12.5. The normalized spacial score (nSPS) is 19.1. The van der Waals surface area contributed by atoms with Crippen LogP contribution in [0.3, 0.4) is 0 Å². The quantitative estimate of drug-likeness (QED) is 0.914. The first-order valence-electron chi connectivity index (χ1n) is 7.72. The van der Waals surface area contributed by atoms with E-state index in [2.05, 4.69) is 5.32 Å². The monoisotopic (exact) mass is 311 g/mol. The molecule has 2 aromatic carbocycles. The van der Waals surface area contributed by atoms with Crippen molar-refractivity contribution in [1.82, 2.24) is 0 Å². The van der Waals surface area contributed by atoms with E-state index in [4.69, 9.17) is 9.47 Å². The Labute approximate surface area is 136 Å². The number of methoxy groups -OCH3 is 2. The lowest BCUT2D eigenvalue weighted by Crippen LogP contribution is -2.15. The van der Waals surface area contributed by atoms with Gasteiger partial charge in [-0.2, -0.15) is 0 Å². The number of amides is 1. The van der Waals surface area contributed by atoms with Crippen molar-refractivity contribution in [2.45, 2.75) is 19.3 Å². The minimum absolute atomic E-state index is 0.0219. The highest BCUT2D eigenvalue weighted by atomic mass is 16.5. The Bertz CT molecular complexity index is 709. The zero-order valence-corrected chi connectivity index (χ0v) is 13.6. The molecule has 2 unspecified atom stereocenters. The molecule has 0 saturated heterocycles. The summed E-state index contributed by atoms with van der Waals surface area (Å²) in [6, 6.07) is 13.7. The van der Waals surface area contributed by atoms with Gasteiger partial charge in [0.05, 0.1) is 19.9 Å². The fourth-order valence-corrected chi connectivity index (χ4v) is 2.85. The van der Waals surface area contributed by atoms with Gasteiger partial charge in [-0.25, -0.2) is 0 Å². The number of rotatable bonds is 5. The van der Waals surface area contributed by atoms with Crippen LogP contribution in [0.15, 0.2) is 42.5 Å². The first-order chi connectivity index (χ1) is 11.1. The smallest absolute Gasteiger partial charge is 0.228 e. The Morgan fingerprint density at radius 1 is 1.09 bits per heavy atom. The molecule has 23 heavy (non-hydrogen) atoms. The van der Waals surface area contributed by atoms with Gasteiger partial charge in [0.15, 0.2) is 0 Å². The molecule has 4 heteroatoms. The molecular weight excluding hydrogens is 290 g/mol. The highest BCUT2D eigenvalue weighted by Crippen LogP contribution is 2.48. The van der Waals surface area contributed by atoms with Crippen molar-refractivity contribution >= 4 is 11.6 Å². The molecule has 1 N–H and O–H groups in total. The molecule has 0 aliphatic heterocycles. The summed E-state index contributed by atoms with van der Waals surface area (Å²) in [7, 11) is 3.26. The summed E-state index contributed by atoms with van der Waals surface area (Å²) >= 11 is 0. The molecule has 1 saturated carbocycles. The van der Waals surface area contributed by atoms with Gasteiger partial charge in [0.2, 0.25) is 5.91 Å². The fourth-order valence-electron chi connectivity index (χ4n) is 2.85. The molecule has 1 amide bonds.